The average Bonchev–Trinajstić information content (AvgIpc) is 2.38. The van der Waals surface area contributed by atoms with Gasteiger partial charge in [0.1, 0.15) is 5.75 Å². The summed E-state index contributed by atoms with van der Waals surface area (Å²) in [6, 6.07) is 2.95. The van der Waals surface area contributed by atoms with E-state index >= 15 is 0 Å². The van der Waals surface area contributed by atoms with Gasteiger partial charge in [0.25, 0.3) is 0 Å². The number of rotatable bonds is 3. The van der Waals surface area contributed by atoms with Crippen molar-refractivity contribution >= 4 is 15.9 Å². The van der Waals surface area contributed by atoms with E-state index in [4.69, 9.17) is 4.74 Å². The zero-order chi connectivity index (χ0) is 14.8. The van der Waals surface area contributed by atoms with Crippen molar-refractivity contribution in [3.8, 4) is 5.75 Å². The average molecular weight is 352 g/mol. The summed E-state index contributed by atoms with van der Waals surface area (Å²) in [7, 11) is 1.25. The molecule has 1 fully saturated rings. The van der Waals surface area contributed by atoms with Crippen LogP contribution in [0.2, 0.25) is 0 Å². The Hall–Kier alpha value is -0.750. The van der Waals surface area contributed by atoms with Crippen LogP contribution in [-0.2, 0) is 12.6 Å². The molecule has 6 heteroatoms. The van der Waals surface area contributed by atoms with Crippen LogP contribution in [0.15, 0.2) is 16.6 Å². The maximum absolute atomic E-state index is 13.1. The molecule has 0 saturated carbocycles. The normalized spacial score (nSPS) is 17.2. The lowest BCUT2D eigenvalue weighted by atomic mass is 9.90. The van der Waals surface area contributed by atoms with E-state index in [1.165, 1.54) is 13.2 Å². The van der Waals surface area contributed by atoms with Crippen molar-refractivity contribution in [3.63, 3.8) is 0 Å². The van der Waals surface area contributed by atoms with Crippen molar-refractivity contribution in [2.45, 2.75) is 25.4 Å². The first-order chi connectivity index (χ1) is 9.41. The monoisotopic (exact) mass is 351 g/mol. The molecule has 1 aliphatic heterocycles. The highest BCUT2D eigenvalue weighted by molar-refractivity contribution is 9.10. The van der Waals surface area contributed by atoms with Crippen LogP contribution < -0.4 is 10.1 Å². The second kappa shape index (κ2) is 6.35. The van der Waals surface area contributed by atoms with Crippen molar-refractivity contribution in [3.05, 3.63) is 27.7 Å². The molecule has 0 spiro atoms. The van der Waals surface area contributed by atoms with E-state index in [2.05, 4.69) is 21.2 Å². The van der Waals surface area contributed by atoms with Gasteiger partial charge in [0.15, 0.2) is 0 Å². The largest absolute Gasteiger partial charge is 0.495 e. The van der Waals surface area contributed by atoms with Crippen molar-refractivity contribution < 1.29 is 17.9 Å². The molecule has 112 valence electrons. The summed E-state index contributed by atoms with van der Waals surface area (Å²) < 4.78 is 44.4. The molecule has 1 aromatic carbocycles. The van der Waals surface area contributed by atoms with E-state index in [1.54, 1.807) is 6.07 Å². The van der Waals surface area contributed by atoms with E-state index in [1.807, 2.05) is 0 Å². The molecule has 2 nitrogen and oxygen atoms in total. The van der Waals surface area contributed by atoms with Crippen molar-refractivity contribution in [1.29, 1.82) is 0 Å². The molecule has 1 saturated heterocycles. The maximum Gasteiger partial charge on any atom is 0.420 e. The molecule has 0 unspecified atom stereocenters. The van der Waals surface area contributed by atoms with Crippen LogP contribution in [0.1, 0.15) is 24.0 Å². The number of hydrogen-bond donors (Lipinski definition) is 1. The molecule has 0 aromatic heterocycles. The van der Waals surface area contributed by atoms with Gasteiger partial charge in [-0.3, -0.25) is 0 Å². The number of benzene rings is 1. The van der Waals surface area contributed by atoms with Crippen LogP contribution in [0.3, 0.4) is 0 Å². The van der Waals surface area contributed by atoms with E-state index < -0.39 is 11.7 Å². The first-order valence-corrected chi connectivity index (χ1v) is 7.35. The number of ether oxygens (including phenoxy) is 1. The Morgan fingerprint density at radius 2 is 1.95 bits per heavy atom. The summed E-state index contributed by atoms with van der Waals surface area (Å²) in [5.74, 6) is 0.296. The molecule has 0 atom stereocenters. The number of methoxy groups -OCH3 is 1. The van der Waals surface area contributed by atoms with Crippen LogP contribution >= 0.6 is 15.9 Å². The van der Waals surface area contributed by atoms with Gasteiger partial charge < -0.3 is 10.1 Å². The van der Waals surface area contributed by atoms with Crippen LogP contribution in [0, 0.1) is 5.92 Å². The second-order valence-corrected chi connectivity index (χ2v) is 5.91. The first-order valence-electron chi connectivity index (χ1n) is 6.56. The lowest BCUT2D eigenvalue weighted by molar-refractivity contribution is -0.138. The smallest absolute Gasteiger partial charge is 0.420 e. The molecule has 0 amide bonds. The van der Waals surface area contributed by atoms with Gasteiger partial charge in [-0.05, 0) is 71.9 Å². The van der Waals surface area contributed by atoms with Gasteiger partial charge in [-0.1, -0.05) is 0 Å². The van der Waals surface area contributed by atoms with Gasteiger partial charge in [-0.25, -0.2) is 0 Å². The molecule has 0 aliphatic carbocycles. The maximum atomic E-state index is 13.1. The molecule has 1 N–H and O–H groups in total. The molecule has 1 aliphatic rings. The number of alkyl halides is 3. The standard InChI is InChI=1S/C14H17BrF3NO/c1-20-13-11(14(16,17)18)7-10(8-12(13)15)6-9-2-4-19-5-3-9/h7-9,19H,2-6H2,1H3. The summed E-state index contributed by atoms with van der Waals surface area (Å²) in [4.78, 5) is 0. The highest BCUT2D eigenvalue weighted by atomic mass is 79.9. The molecule has 20 heavy (non-hydrogen) atoms. The fourth-order valence-electron chi connectivity index (χ4n) is 2.60. The third-order valence-electron chi connectivity index (χ3n) is 3.60. The Morgan fingerprint density at radius 1 is 1.30 bits per heavy atom. The Morgan fingerprint density at radius 3 is 2.50 bits per heavy atom. The van der Waals surface area contributed by atoms with Gasteiger partial charge >= 0.3 is 6.18 Å². The van der Waals surface area contributed by atoms with Crippen LogP contribution in [0.5, 0.6) is 5.75 Å². The van der Waals surface area contributed by atoms with Crippen LogP contribution in [-0.4, -0.2) is 20.2 Å². The van der Waals surface area contributed by atoms with Crippen LogP contribution in [0.4, 0.5) is 13.2 Å². The van der Waals surface area contributed by atoms with Gasteiger partial charge in [0.2, 0.25) is 0 Å². The zero-order valence-corrected chi connectivity index (χ0v) is 12.8. The third kappa shape index (κ3) is 3.67. The number of hydrogen-bond acceptors (Lipinski definition) is 2. The molecule has 0 bridgehead atoms. The SMILES string of the molecule is COc1c(Br)cc(CC2CCNCC2)cc1C(F)(F)F. The number of halogens is 4. The third-order valence-corrected chi connectivity index (χ3v) is 4.19. The van der Waals surface area contributed by atoms with Gasteiger partial charge in [-0.2, -0.15) is 13.2 Å². The summed E-state index contributed by atoms with van der Waals surface area (Å²) in [5, 5.41) is 3.26. The summed E-state index contributed by atoms with van der Waals surface area (Å²) in [6.07, 6.45) is -1.72. The topological polar surface area (TPSA) is 21.3 Å². The fourth-order valence-corrected chi connectivity index (χ4v) is 3.27. The molecule has 0 radical (unpaired) electrons. The lowest BCUT2D eigenvalue weighted by Gasteiger charge is -2.23. The molecular weight excluding hydrogens is 335 g/mol. The zero-order valence-electron chi connectivity index (χ0n) is 11.2. The first kappa shape index (κ1) is 15.6. The Balaban J connectivity index is 2.28. The van der Waals surface area contributed by atoms with E-state index in [-0.39, 0.29) is 5.75 Å². The molecule has 1 heterocycles. The minimum atomic E-state index is -4.40. The lowest BCUT2D eigenvalue weighted by Crippen LogP contribution is -2.28. The highest BCUT2D eigenvalue weighted by Gasteiger charge is 2.35. The Labute approximate surface area is 124 Å². The minimum Gasteiger partial charge on any atom is -0.495 e. The Bertz CT molecular complexity index is 470. The van der Waals surface area contributed by atoms with Crippen molar-refractivity contribution in [2.24, 2.45) is 5.92 Å². The van der Waals surface area contributed by atoms with E-state index in [0.717, 1.165) is 25.9 Å². The summed E-state index contributed by atoms with van der Waals surface area (Å²) >= 11 is 3.18. The van der Waals surface area contributed by atoms with Gasteiger partial charge in [0, 0.05) is 0 Å². The number of piperidine rings is 1. The summed E-state index contributed by atoms with van der Waals surface area (Å²) in [6.45, 7) is 1.88. The molecule has 1 aromatic rings. The van der Waals surface area contributed by atoms with Crippen LogP contribution in [0.25, 0.3) is 0 Å². The highest BCUT2D eigenvalue weighted by Crippen LogP contribution is 2.41. The molecular formula is C14H17BrF3NO. The van der Waals surface area contributed by atoms with Crippen molar-refractivity contribution in [2.75, 3.05) is 20.2 Å². The van der Waals surface area contributed by atoms with E-state index in [9.17, 15) is 13.2 Å². The molecule has 2 rings (SSSR count). The van der Waals surface area contributed by atoms with Crippen molar-refractivity contribution in [1.82, 2.24) is 5.32 Å². The quantitative estimate of drug-likeness (QED) is 0.887. The van der Waals surface area contributed by atoms with E-state index in [0.29, 0.717) is 22.4 Å². The second-order valence-electron chi connectivity index (χ2n) is 5.05. The Kier molecular flexibility index (Phi) is 4.96. The van der Waals surface area contributed by atoms with Gasteiger partial charge in [-0.15, -0.1) is 0 Å². The number of nitrogens with one attached hydrogen (secondary N) is 1. The summed E-state index contributed by atoms with van der Waals surface area (Å²) in [5.41, 5.74) is -0.00444. The predicted octanol–water partition coefficient (Wildman–Crippen LogP) is 4.02. The predicted molar refractivity (Wildman–Crippen MR) is 75.0 cm³/mol. The van der Waals surface area contributed by atoms with Gasteiger partial charge in [0.05, 0.1) is 17.1 Å². The minimum absolute atomic E-state index is 0.147. The fraction of sp³-hybridized carbons (Fsp3) is 0.571.